The van der Waals surface area contributed by atoms with E-state index < -0.39 is 0 Å². The summed E-state index contributed by atoms with van der Waals surface area (Å²) in [5, 5.41) is 0. The van der Waals surface area contributed by atoms with E-state index in [4.69, 9.17) is 10.2 Å². The summed E-state index contributed by atoms with van der Waals surface area (Å²) in [6.45, 7) is 0. The fourth-order valence-corrected chi connectivity index (χ4v) is 1.92. The van der Waals surface area contributed by atoms with Gasteiger partial charge in [-0.25, -0.2) is 4.98 Å². The Balaban J connectivity index is 1.79. The van der Waals surface area contributed by atoms with Crippen LogP contribution in [0.2, 0.25) is 0 Å². The lowest BCUT2D eigenvalue weighted by Crippen LogP contribution is -1.96. The lowest BCUT2D eigenvalue weighted by atomic mass is 10.1. The summed E-state index contributed by atoms with van der Waals surface area (Å²) in [6, 6.07) is 11.6. The van der Waals surface area contributed by atoms with Gasteiger partial charge < -0.3 is 10.2 Å². The van der Waals surface area contributed by atoms with E-state index in [1.165, 1.54) is 0 Å². The zero-order valence-corrected chi connectivity index (χ0v) is 9.84. The van der Waals surface area contributed by atoms with E-state index >= 15 is 0 Å². The van der Waals surface area contributed by atoms with Gasteiger partial charge in [0.1, 0.15) is 0 Å². The molecule has 90 valence electrons. The van der Waals surface area contributed by atoms with Crippen molar-refractivity contribution in [1.82, 2.24) is 9.97 Å². The predicted octanol–water partition coefficient (Wildman–Crippen LogP) is 2.59. The first-order chi connectivity index (χ1) is 8.83. The smallest absolute Gasteiger partial charge is 0.198 e. The average Bonchev–Trinajstić information content (AvgIpc) is 2.80. The van der Waals surface area contributed by atoms with Gasteiger partial charge in [-0.15, -0.1) is 0 Å². The molecule has 0 amide bonds. The Morgan fingerprint density at radius 1 is 1.06 bits per heavy atom. The van der Waals surface area contributed by atoms with Crippen LogP contribution < -0.4 is 5.73 Å². The van der Waals surface area contributed by atoms with Gasteiger partial charge in [0, 0.05) is 18.3 Å². The molecule has 3 aromatic rings. The van der Waals surface area contributed by atoms with Gasteiger partial charge in [0.2, 0.25) is 0 Å². The maximum atomic E-state index is 5.90. The zero-order chi connectivity index (χ0) is 12.4. The van der Waals surface area contributed by atoms with Crippen LogP contribution in [0.4, 0.5) is 5.69 Å². The summed E-state index contributed by atoms with van der Waals surface area (Å²) in [7, 11) is 0. The van der Waals surface area contributed by atoms with Crippen LogP contribution in [0.15, 0.2) is 47.0 Å². The minimum absolute atomic E-state index is 0.661. The molecule has 0 atom stereocenters. The van der Waals surface area contributed by atoms with Gasteiger partial charge in [0.05, 0.1) is 0 Å². The van der Waals surface area contributed by atoms with Gasteiger partial charge in [-0.3, -0.25) is 0 Å². The van der Waals surface area contributed by atoms with Crippen LogP contribution >= 0.6 is 0 Å². The average molecular weight is 239 g/mol. The highest BCUT2D eigenvalue weighted by Crippen LogP contribution is 2.16. The van der Waals surface area contributed by atoms with Crippen molar-refractivity contribution >= 4 is 16.9 Å². The number of fused-ring (bicyclic) bond motifs is 1. The number of para-hydroxylation sites is 1. The van der Waals surface area contributed by atoms with Crippen LogP contribution in [0.5, 0.6) is 0 Å². The molecule has 0 aliphatic rings. The predicted molar refractivity (Wildman–Crippen MR) is 70.1 cm³/mol. The number of anilines is 1. The molecule has 0 spiro atoms. The Hall–Kier alpha value is -2.36. The minimum Gasteiger partial charge on any atom is -0.439 e. The second-order valence-corrected chi connectivity index (χ2v) is 4.13. The first-order valence-corrected chi connectivity index (χ1v) is 5.87. The van der Waals surface area contributed by atoms with Gasteiger partial charge in [-0.2, -0.15) is 4.98 Å². The molecule has 0 unspecified atom stereocenters. The highest BCUT2D eigenvalue weighted by atomic mass is 16.3. The number of rotatable bonds is 3. The summed E-state index contributed by atoms with van der Waals surface area (Å²) >= 11 is 0. The number of hydrogen-bond donors (Lipinski definition) is 1. The quantitative estimate of drug-likeness (QED) is 0.713. The van der Waals surface area contributed by atoms with Gasteiger partial charge in [0.25, 0.3) is 0 Å². The second-order valence-electron chi connectivity index (χ2n) is 4.13. The van der Waals surface area contributed by atoms with Crippen LogP contribution in [-0.2, 0) is 12.8 Å². The van der Waals surface area contributed by atoms with Crippen molar-refractivity contribution in [3.8, 4) is 0 Å². The summed E-state index contributed by atoms with van der Waals surface area (Å²) in [4.78, 5) is 8.48. The molecular formula is C14H13N3O. The fourth-order valence-electron chi connectivity index (χ4n) is 1.92. The maximum Gasteiger partial charge on any atom is 0.198 e. The van der Waals surface area contributed by atoms with Crippen LogP contribution in [-0.4, -0.2) is 9.97 Å². The highest BCUT2D eigenvalue weighted by Gasteiger charge is 2.07. The fraction of sp³-hybridized carbons (Fsp3) is 0.143. The first kappa shape index (κ1) is 10.8. The van der Waals surface area contributed by atoms with Crippen molar-refractivity contribution in [3.63, 3.8) is 0 Å². The van der Waals surface area contributed by atoms with E-state index in [0.717, 1.165) is 29.7 Å². The van der Waals surface area contributed by atoms with Crippen molar-refractivity contribution in [2.24, 2.45) is 0 Å². The van der Waals surface area contributed by atoms with Gasteiger partial charge in [-0.1, -0.05) is 18.2 Å². The molecule has 0 aliphatic heterocycles. The van der Waals surface area contributed by atoms with Crippen molar-refractivity contribution in [2.75, 3.05) is 5.73 Å². The summed E-state index contributed by atoms with van der Waals surface area (Å²) in [6.07, 6.45) is 3.26. The van der Waals surface area contributed by atoms with Crippen LogP contribution in [0, 0.1) is 0 Å². The van der Waals surface area contributed by atoms with Gasteiger partial charge in [-0.05, 0) is 30.2 Å². The molecule has 0 saturated carbocycles. The molecule has 2 aromatic heterocycles. The molecule has 0 bridgehead atoms. The Kier molecular flexibility index (Phi) is 2.68. The number of nitrogen functional groups attached to an aromatic ring is 1. The van der Waals surface area contributed by atoms with Crippen molar-refractivity contribution < 1.29 is 4.42 Å². The van der Waals surface area contributed by atoms with Gasteiger partial charge in [0.15, 0.2) is 17.1 Å². The summed E-state index contributed by atoms with van der Waals surface area (Å²) in [5.74, 6) is 0.701. The molecule has 0 aliphatic carbocycles. The van der Waals surface area contributed by atoms with E-state index in [2.05, 4.69) is 9.97 Å². The third-order valence-electron chi connectivity index (χ3n) is 2.87. The number of nitrogens with two attached hydrogens (primary N) is 1. The number of hydrogen-bond acceptors (Lipinski definition) is 4. The Morgan fingerprint density at radius 2 is 1.94 bits per heavy atom. The first-order valence-electron chi connectivity index (χ1n) is 5.87. The number of nitrogens with zero attached hydrogens (tertiary/aromatic N) is 2. The largest absolute Gasteiger partial charge is 0.439 e. The number of benzene rings is 1. The number of oxazole rings is 1. The van der Waals surface area contributed by atoms with E-state index in [-0.39, 0.29) is 0 Å². The van der Waals surface area contributed by atoms with Crippen LogP contribution in [0.25, 0.3) is 11.2 Å². The topological polar surface area (TPSA) is 64.9 Å². The third kappa shape index (κ3) is 2.05. The molecule has 2 heterocycles. The molecule has 18 heavy (non-hydrogen) atoms. The lowest BCUT2D eigenvalue weighted by Gasteiger charge is -2.02. The van der Waals surface area contributed by atoms with Gasteiger partial charge >= 0.3 is 0 Å². The SMILES string of the molecule is Nc1ccccc1CCc1nc2ncccc2o1. The Labute approximate surface area is 104 Å². The monoisotopic (exact) mass is 239 g/mol. The standard InChI is InChI=1S/C14H13N3O/c15-11-5-2-1-4-10(11)7-8-13-17-14-12(18-13)6-3-9-16-14/h1-6,9H,7-8,15H2. The maximum absolute atomic E-state index is 5.90. The van der Waals surface area contributed by atoms with Crippen molar-refractivity contribution in [1.29, 1.82) is 0 Å². The zero-order valence-electron chi connectivity index (χ0n) is 9.84. The van der Waals surface area contributed by atoms with E-state index in [9.17, 15) is 0 Å². The third-order valence-corrected chi connectivity index (χ3v) is 2.87. The lowest BCUT2D eigenvalue weighted by molar-refractivity contribution is 0.528. The van der Waals surface area contributed by atoms with E-state index in [0.29, 0.717) is 11.5 Å². The highest BCUT2D eigenvalue weighted by molar-refractivity contribution is 5.66. The molecule has 0 fully saturated rings. The van der Waals surface area contributed by atoms with E-state index in [1.54, 1.807) is 6.20 Å². The molecule has 0 saturated heterocycles. The number of pyridine rings is 1. The second kappa shape index (κ2) is 4.49. The van der Waals surface area contributed by atoms with E-state index in [1.807, 2.05) is 36.4 Å². The minimum atomic E-state index is 0.661. The Morgan fingerprint density at radius 3 is 2.78 bits per heavy atom. The molecule has 1 aromatic carbocycles. The van der Waals surface area contributed by atoms with Crippen molar-refractivity contribution in [3.05, 3.63) is 54.0 Å². The Bertz CT molecular complexity index is 642. The summed E-state index contributed by atoms with van der Waals surface area (Å²) in [5.41, 5.74) is 9.22. The molecule has 4 nitrogen and oxygen atoms in total. The summed E-state index contributed by atoms with van der Waals surface area (Å²) < 4.78 is 5.62. The molecular weight excluding hydrogens is 226 g/mol. The van der Waals surface area contributed by atoms with Crippen LogP contribution in [0.3, 0.4) is 0 Å². The molecule has 4 heteroatoms. The normalized spacial score (nSPS) is 10.9. The van der Waals surface area contributed by atoms with Crippen molar-refractivity contribution in [2.45, 2.75) is 12.8 Å². The number of aromatic nitrogens is 2. The molecule has 3 rings (SSSR count). The van der Waals surface area contributed by atoms with Crippen LogP contribution in [0.1, 0.15) is 11.5 Å². The number of aryl methyl sites for hydroxylation is 2. The molecule has 2 N–H and O–H groups in total. The molecule has 0 radical (unpaired) electrons.